The summed E-state index contributed by atoms with van der Waals surface area (Å²) in [6, 6.07) is 2.18. The highest BCUT2D eigenvalue weighted by Gasteiger charge is 2.22. The van der Waals surface area contributed by atoms with Crippen LogP contribution in [0.25, 0.3) is 0 Å². The van der Waals surface area contributed by atoms with Gasteiger partial charge < -0.3 is 9.80 Å². The molecule has 1 rings (SSSR count). The number of thiocarbonyl (C=S) groups is 1. The number of nitriles is 1. The number of hydrogen-bond acceptors (Lipinski definition) is 4. The third kappa shape index (κ3) is 5.57. The van der Waals surface area contributed by atoms with E-state index in [1.165, 1.54) is 6.20 Å². The summed E-state index contributed by atoms with van der Waals surface area (Å²) in [5, 5.41) is 9.09. The number of allylic oxidation sites excluding steroid dienone is 2. The Hall–Kier alpha value is -2.00. The molecular weight excluding hydrogens is 323 g/mol. The van der Waals surface area contributed by atoms with Crippen LogP contribution in [-0.2, 0) is 0 Å². The van der Waals surface area contributed by atoms with Gasteiger partial charge in [0.05, 0.1) is 12.1 Å². The molecule has 0 saturated carbocycles. The average molecular weight is 348 g/mol. The van der Waals surface area contributed by atoms with E-state index in [2.05, 4.69) is 17.6 Å². The van der Waals surface area contributed by atoms with Crippen LogP contribution in [0.2, 0.25) is 0 Å². The first-order chi connectivity index (χ1) is 11.3. The van der Waals surface area contributed by atoms with E-state index in [4.69, 9.17) is 17.5 Å². The van der Waals surface area contributed by atoms with E-state index in [-0.39, 0.29) is 17.8 Å². The first kappa shape index (κ1) is 20.0. The predicted octanol–water partition coefficient (Wildman–Crippen LogP) is 3.84. The van der Waals surface area contributed by atoms with E-state index in [0.29, 0.717) is 29.9 Å². The fraction of sp³-hybridized carbons (Fsp3) is 0.500. The Bertz CT molecular complexity index is 615. The number of likely N-dealkylation sites (N-methyl/N-ethyl adjacent to an activating group) is 1. The molecular formula is C18H25FN4S. The molecule has 0 aromatic carbocycles. The van der Waals surface area contributed by atoms with Crippen LogP contribution in [0.4, 0.5) is 4.39 Å². The zero-order valence-corrected chi connectivity index (χ0v) is 15.6. The fourth-order valence-corrected chi connectivity index (χ4v) is 2.85. The van der Waals surface area contributed by atoms with Crippen LogP contribution in [0.1, 0.15) is 26.7 Å². The van der Waals surface area contributed by atoms with Gasteiger partial charge in [-0.05, 0) is 25.6 Å². The smallest absolute Gasteiger partial charge is 0.116 e. The summed E-state index contributed by atoms with van der Waals surface area (Å²) < 4.78 is 13.5. The molecule has 4 nitrogen and oxygen atoms in total. The topological polar surface area (TPSA) is 42.6 Å². The molecule has 1 heterocycles. The van der Waals surface area contributed by atoms with Crippen LogP contribution in [0.15, 0.2) is 40.9 Å². The quantitative estimate of drug-likeness (QED) is 0.415. The van der Waals surface area contributed by atoms with E-state index >= 15 is 0 Å². The third-order valence-corrected chi connectivity index (χ3v) is 4.68. The van der Waals surface area contributed by atoms with Crippen molar-refractivity contribution < 1.29 is 4.39 Å². The van der Waals surface area contributed by atoms with Crippen molar-refractivity contribution in [3.8, 4) is 6.07 Å². The molecule has 0 aromatic heterocycles. The predicted molar refractivity (Wildman–Crippen MR) is 101 cm³/mol. The second-order valence-electron chi connectivity index (χ2n) is 6.09. The normalized spacial score (nSPS) is 20.1. The Balaban J connectivity index is 2.78. The van der Waals surface area contributed by atoms with Gasteiger partial charge in [-0.15, -0.1) is 0 Å². The van der Waals surface area contributed by atoms with Crippen molar-refractivity contribution in [2.75, 3.05) is 20.6 Å². The number of nitrogens with zero attached hydrogens (tertiary/aromatic N) is 4. The zero-order chi connectivity index (χ0) is 18.3. The minimum absolute atomic E-state index is 0.000591. The Morgan fingerprint density at radius 1 is 1.67 bits per heavy atom. The summed E-state index contributed by atoms with van der Waals surface area (Å²) in [4.78, 5) is 8.62. The molecule has 1 aliphatic heterocycles. The Kier molecular flexibility index (Phi) is 7.80. The van der Waals surface area contributed by atoms with Crippen LogP contribution < -0.4 is 0 Å². The first-order valence-electron chi connectivity index (χ1n) is 7.84. The monoisotopic (exact) mass is 348 g/mol. The largest absolute Gasteiger partial charge is 0.378 e. The third-order valence-electron chi connectivity index (χ3n) is 4.25. The summed E-state index contributed by atoms with van der Waals surface area (Å²) in [5.74, 6) is -0.252. The van der Waals surface area contributed by atoms with Gasteiger partial charge in [-0.3, -0.25) is 4.99 Å². The van der Waals surface area contributed by atoms with Gasteiger partial charge in [0.15, 0.2) is 0 Å². The Morgan fingerprint density at radius 2 is 2.33 bits per heavy atom. The maximum absolute atomic E-state index is 13.5. The molecule has 0 radical (unpaired) electrons. The van der Waals surface area contributed by atoms with Gasteiger partial charge in [-0.25, -0.2) is 4.39 Å². The van der Waals surface area contributed by atoms with Gasteiger partial charge in [0.1, 0.15) is 10.8 Å². The van der Waals surface area contributed by atoms with Gasteiger partial charge in [0, 0.05) is 57.4 Å². The molecule has 0 spiro atoms. The number of hydrogen-bond donors (Lipinski definition) is 0. The highest BCUT2D eigenvalue weighted by Crippen LogP contribution is 2.22. The molecule has 0 amide bonds. The lowest BCUT2D eigenvalue weighted by Crippen LogP contribution is -2.30. The zero-order valence-electron chi connectivity index (χ0n) is 14.8. The fourth-order valence-electron chi connectivity index (χ4n) is 2.62. The van der Waals surface area contributed by atoms with Gasteiger partial charge in [-0.1, -0.05) is 18.8 Å². The van der Waals surface area contributed by atoms with Crippen LogP contribution in [0.3, 0.4) is 0 Å². The number of halogens is 1. The van der Waals surface area contributed by atoms with Crippen molar-refractivity contribution in [2.45, 2.75) is 32.7 Å². The molecule has 6 heteroatoms. The molecule has 0 N–H and O–H groups in total. The van der Waals surface area contributed by atoms with E-state index in [9.17, 15) is 4.39 Å². The van der Waals surface area contributed by atoms with Crippen molar-refractivity contribution in [2.24, 2.45) is 10.9 Å². The highest BCUT2D eigenvalue weighted by molar-refractivity contribution is 7.80. The summed E-state index contributed by atoms with van der Waals surface area (Å²) in [6.45, 7) is 8.19. The van der Waals surface area contributed by atoms with Gasteiger partial charge in [0.2, 0.25) is 0 Å². The van der Waals surface area contributed by atoms with Gasteiger partial charge >= 0.3 is 0 Å². The van der Waals surface area contributed by atoms with Crippen LogP contribution >= 0.6 is 12.2 Å². The minimum Gasteiger partial charge on any atom is -0.378 e. The molecule has 0 bridgehead atoms. The van der Waals surface area contributed by atoms with E-state index < -0.39 is 0 Å². The number of rotatable bonds is 6. The molecule has 0 fully saturated rings. The van der Waals surface area contributed by atoms with Crippen LogP contribution in [0, 0.1) is 17.2 Å². The van der Waals surface area contributed by atoms with E-state index in [1.54, 1.807) is 24.2 Å². The first-order valence-corrected chi connectivity index (χ1v) is 8.25. The summed E-state index contributed by atoms with van der Waals surface area (Å²) >= 11 is 5.35. The standard InChI is InChI=1S/C18H25FN4S/c1-6-23(5)17(14(3)13(2)10-20)7-8-21-18(24)15-9-16(19)12-22(4)11-15/h6,8,12,15,17H,1,7,9,11H2,2-5H3. The van der Waals surface area contributed by atoms with Crippen molar-refractivity contribution in [1.82, 2.24) is 9.80 Å². The molecule has 0 saturated heterocycles. The lowest BCUT2D eigenvalue weighted by Gasteiger charge is -2.27. The van der Waals surface area contributed by atoms with E-state index in [0.717, 1.165) is 5.57 Å². The number of aliphatic imine (C=N–C) groups is 1. The molecule has 1 aliphatic rings. The van der Waals surface area contributed by atoms with Crippen molar-refractivity contribution in [1.29, 1.82) is 5.26 Å². The Labute approximate surface area is 149 Å². The van der Waals surface area contributed by atoms with Gasteiger partial charge in [-0.2, -0.15) is 5.26 Å². The van der Waals surface area contributed by atoms with Crippen molar-refractivity contribution in [3.63, 3.8) is 0 Å². The summed E-state index contributed by atoms with van der Waals surface area (Å²) in [7, 11) is 3.74. The molecule has 2 atom stereocenters. The second kappa shape index (κ2) is 9.33. The molecule has 0 aliphatic carbocycles. The molecule has 24 heavy (non-hydrogen) atoms. The SMILES string of the molecule is C=CN(C)C(CC=NC(=S)C1CC(F)=CN(C)C1)C(C)=C(C)C#N. The van der Waals surface area contributed by atoms with Crippen molar-refractivity contribution in [3.05, 3.63) is 36.0 Å². The summed E-state index contributed by atoms with van der Waals surface area (Å²) in [6.07, 6.45) is 5.90. The average Bonchev–Trinajstić information content (AvgIpc) is 2.55. The lowest BCUT2D eigenvalue weighted by atomic mass is 10.00. The maximum atomic E-state index is 13.5. The maximum Gasteiger partial charge on any atom is 0.116 e. The van der Waals surface area contributed by atoms with Crippen LogP contribution in [0.5, 0.6) is 0 Å². The van der Waals surface area contributed by atoms with Gasteiger partial charge in [0.25, 0.3) is 0 Å². The molecule has 130 valence electrons. The highest BCUT2D eigenvalue weighted by atomic mass is 32.1. The van der Waals surface area contributed by atoms with E-state index in [1.807, 2.05) is 25.9 Å². The lowest BCUT2D eigenvalue weighted by molar-refractivity contribution is 0.343. The van der Waals surface area contributed by atoms with Crippen LogP contribution in [-0.4, -0.2) is 47.7 Å². The Morgan fingerprint density at radius 3 is 2.88 bits per heavy atom. The summed E-state index contributed by atoms with van der Waals surface area (Å²) in [5.41, 5.74) is 1.66. The van der Waals surface area contributed by atoms with Crippen molar-refractivity contribution >= 4 is 23.4 Å². The molecule has 2 unspecified atom stereocenters. The minimum atomic E-state index is -0.168. The molecule has 0 aromatic rings. The second-order valence-corrected chi connectivity index (χ2v) is 6.50.